The van der Waals surface area contributed by atoms with Crippen molar-refractivity contribution in [2.24, 2.45) is 5.41 Å². The summed E-state index contributed by atoms with van der Waals surface area (Å²) < 4.78 is 7.90. The number of carbonyl (C=O) groups is 2. The lowest BCUT2D eigenvalue weighted by Crippen LogP contribution is -2.47. The second-order valence-corrected chi connectivity index (χ2v) is 11.9. The fourth-order valence-electron chi connectivity index (χ4n) is 5.82. The number of nitriles is 1. The molecule has 0 N–H and O–H groups in total. The maximum absolute atomic E-state index is 13.2. The van der Waals surface area contributed by atoms with Crippen LogP contribution < -0.4 is 20.1 Å². The average Bonchev–Trinajstić information content (AvgIpc) is 3.10. The van der Waals surface area contributed by atoms with E-state index in [1.54, 1.807) is 35.3 Å². The van der Waals surface area contributed by atoms with Crippen molar-refractivity contribution in [2.75, 3.05) is 43.1 Å². The number of fused-ring (bicyclic) bond motifs is 2. The topological polar surface area (TPSA) is 98.9 Å². The molecule has 0 atom stereocenters. The summed E-state index contributed by atoms with van der Waals surface area (Å²) >= 11 is 0. The molecule has 0 bridgehead atoms. The number of hydrogen-bond donors (Lipinski definition) is 0. The van der Waals surface area contributed by atoms with E-state index in [1.165, 1.54) is 0 Å². The van der Waals surface area contributed by atoms with Gasteiger partial charge in [-0.2, -0.15) is 5.26 Å². The predicted molar refractivity (Wildman–Crippen MR) is 176 cm³/mol. The molecule has 1 aromatic heterocycles. The van der Waals surface area contributed by atoms with Gasteiger partial charge in [0.05, 0.1) is 29.6 Å². The highest BCUT2D eigenvalue weighted by molar-refractivity contribution is 6.20. The zero-order chi connectivity index (χ0) is 32.1. The summed E-state index contributed by atoms with van der Waals surface area (Å²) in [6, 6.07) is 24.8. The molecular formula is C36H39N5O4. The van der Waals surface area contributed by atoms with Crippen molar-refractivity contribution in [1.82, 2.24) is 9.47 Å². The summed E-state index contributed by atoms with van der Waals surface area (Å²) in [7, 11) is 1.70. The van der Waals surface area contributed by atoms with Gasteiger partial charge in [-0.25, -0.2) is 0 Å². The van der Waals surface area contributed by atoms with Crippen molar-refractivity contribution in [3.05, 3.63) is 100 Å². The second kappa shape index (κ2) is 13.4. The Kier molecular flexibility index (Phi) is 9.35. The van der Waals surface area contributed by atoms with Gasteiger partial charge in [0.15, 0.2) is 0 Å². The SMILES string of the molecule is CCN1C(=O)C(C)(C)C(=O)N(C)c2cc(OCCCN(CCn3ccc4ccccc4c3=O)Cc3ccc(C#N)cc3)ccc21. The molecule has 9 nitrogen and oxygen atoms in total. The van der Waals surface area contributed by atoms with Crippen molar-refractivity contribution < 1.29 is 14.3 Å². The van der Waals surface area contributed by atoms with E-state index in [-0.39, 0.29) is 17.4 Å². The number of rotatable bonds is 11. The van der Waals surface area contributed by atoms with Crippen molar-refractivity contribution in [1.29, 1.82) is 5.26 Å². The smallest absolute Gasteiger partial charge is 0.258 e. The summed E-state index contributed by atoms with van der Waals surface area (Å²) in [6.07, 6.45) is 2.57. The zero-order valence-corrected chi connectivity index (χ0v) is 26.3. The predicted octanol–water partition coefficient (Wildman–Crippen LogP) is 5.20. The van der Waals surface area contributed by atoms with Crippen molar-refractivity contribution in [2.45, 2.75) is 40.3 Å². The molecule has 45 heavy (non-hydrogen) atoms. The van der Waals surface area contributed by atoms with E-state index in [0.717, 1.165) is 23.9 Å². The number of carbonyl (C=O) groups excluding carboxylic acids is 2. The van der Waals surface area contributed by atoms with E-state index in [1.807, 2.05) is 85.9 Å². The molecule has 0 unspecified atom stereocenters. The largest absolute Gasteiger partial charge is 0.493 e. The Bertz CT molecular complexity index is 1810. The van der Waals surface area contributed by atoms with Crippen molar-refractivity contribution in [3.8, 4) is 11.8 Å². The Morgan fingerprint density at radius 2 is 1.67 bits per heavy atom. The van der Waals surface area contributed by atoms with Crippen LogP contribution in [0.5, 0.6) is 5.75 Å². The number of ether oxygens (including phenoxy) is 1. The minimum atomic E-state index is -1.17. The molecule has 0 aliphatic carbocycles. The highest BCUT2D eigenvalue weighted by atomic mass is 16.5. The number of hydrogen-bond acceptors (Lipinski definition) is 6. The van der Waals surface area contributed by atoms with Crippen LogP contribution >= 0.6 is 0 Å². The molecule has 9 heteroatoms. The Morgan fingerprint density at radius 3 is 2.40 bits per heavy atom. The number of benzene rings is 3. The van der Waals surface area contributed by atoms with Crippen LogP contribution in [0.1, 0.15) is 38.3 Å². The van der Waals surface area contributed by atoms with E-state index in [4.69, 9.17) is 4.74 Å². The van der Waals surface area contributed by atoms with Crippen LogP contribution in [0.3, 0.4) is 0 Å². The monoisotopic (exact) mass is 605 g/mol. The van der Waals surface area contributed by atoms with Crippen LogP contribution in [0, 0.1) is 16.7 Å². The molecular weight excluding hydrogens is 566 g/mol. The van der Waals surface area contributed by atoms with Gasteiger partial charge < -0.3 is 19.1 Å². The Hall–Kier alpha value is -4.94. The normalized spacial score (nSPS) is 14.4. The highest BCUT2D eigenvalue weighted by Gasteiger charge is 2.45. The third-order valence-corrected chi connectivity index (χ3v) is 8.45. The van der Waals surface area contributed by atoms with E-state index < -0.39 is 5.41 Å². The standard InChI is InChI=1S/C36H39N5O4/c1-5-41-31-16-15-29(23-32(31)38(4)34(43)36(2,3)35(41)44)45-22-8-18-39(25-27-13-11-26(24-37)12-14-27)20-21-40-19-17-28-9-6-7-10-30(28)33(40)42/h6-7,9-17,19,23H,5,8,18,20-22,25H2,1-4H3. The van der Waals surface area contributed by atoms with E-state index in [9.17, 15) is 19.6 Å². The Balaban J connectivity index is 1.27. The van der Waals surface area contributed by atoms with E-state index in [2.05, 4.69) is 11.0 Å². The lowest BCUT2D eigenvalue weighted by Gasteiger charge is -2.27. The van der Waals surface area contributed by atoms with Gasteiger partial charge in [0.2, 0.25) is 11.8 Å². The minimum Gasteiger partial charge on any atom is -0.493 e. The number of pyridine rings is 1. The van der Waals surface area contributed by atoms with Gasteiger partial charge in [-0.05, 0) is 74.5 Å². The Morgan fingerprint density at radius 1 is 0.911 bits per heavy atom. The lowest BCUT2D eigenvalue weighted by atomic mass is 9.90. The van der Waals surface area contributed by atoms with Crippen LogP contribution in [0.4, 0.5) is 11.4 Å². The van der Waals surface area contributed by atoms with Gasteiger partial charge in [0.25, 0.3) is 5.56 Å². The van der Waals surface area contributed by atoms with Crippen LogP contribution in [0.2, 0.25) is 0 Å². The first kappa shape index (κ1) is 31.5. The maximum Gasteiger partial charge on any atom is 0.258 e. The van der Waals surface area contributed by atoms with Gasteiger partial charge in [0, 0.05) is 57.4 Å². The molecule has 0 saturated heterocycles. The fourth-order valence-corrected chi connectivity index (χ4v) is 5.82. The Labute approximate surface area is 263 Å². The molecule has 0 radical (unpaired) electrons. The number of anilines is 2. The third kappa shape index (κ3) is 6.61. The average molecular weight is 606 g/mol. The third-order valence-electron chi connectivity index (χ3n) is 8.45. The molecule has 0 saturated carbocycles. The highest BCUT2D eigenvalue weighted by Crippen LogP contribution is 2.40. The molecule has 2 heterocycles. The van der Waals surface area contributed by atoms with Gasteiger partial charge in [-0.15, -0.1) is 0 Å². The summed E-state index contributed by atoms with van der Waals surface area (Å²) in [6.45, 7) is 8.71. The second-order valence-electron chi connectivity index (χ2n) is 11.9. The minimum absolute atomic E-state index is 0.00635. The summed E-state index contributed by atoms with van der Waals surface area (Å²) in [5, 5.41) is 10.8. The van der Waals surface area contributed by atoms with E-state index in [0.29, 0.717) is 60.9 Å². The molecule has 5 rings (SSSR count). The molecule has 2 amide bonds. The van der Waals surface area contributed by atoms with Gasteiger partial charge in [0.1, 0.15) is 11.2 Å². The lowest BCUT2D eigenvalue weighted by molar-refractivity contribution is -0.137. The summed E-state index contributed by atoms with van der Waals surface area (Å²) in [4.78, 5) is 44.9. The number of nitrogens with zero attached hydrogens (tertiary/aromatic N) is 5. The molecule has 232 valence electrons. The van der Waals surface area contributed by atoms with Crippen LogP contribution in [0.25, 0.3) is 10.8 Å². The van der Waals surface area contributed by atoms with Crippen molar-refractivity contribution >= 4 is 34.0 Å². The fraction of sp³-hybridized carbons (Fsp3) is 0.333. The molecule has 0 fully saturated rings. The molecule has 1 aliphatic rings. The molecule has 3 aromatic carbocycles. The molecule has 4 aromatic rings. The van der Waals surface area contributed by atoms with Crippen LogP contribution in [0.15, 0.2) is 83.8 Å². The summed E-state index contributed by atoms with van der Waals surface area (Å²) in [5.74, 6) is 0.145. The van der Waals surface area contributed by atoms with E-state index >= 15 is 0 Å². The first-order chi connectivity index (χ1) is 21.6. The zero-order valence-electron chi connectivity index (χ0n) is 26.3. The van der Waals surface area contributed by atoms with Crippen LogP contribution in [-0.2, 0) is 22.7 Å². The first-order valence-electron chi connectivity index (χ1n) is 15.3. The van der Waals surface area contributed by atoms with Gasteiger partial charge in [-0.3, -0.25) is 19.3 Å². The van der Waals surface area contributed by atoms with Gasteiger partial charge in [-0.1, -0.05) is 30.3 Å². The number of amides is 2. The van der Waals surface area contributed by atoms with Crippen molar-refractivity contribution in [3.63, 3.8) is 0 Å². The van der Waals surface area contributed by atoms with Gasteiger partial charge >= 0.3 is 0 Å². The quantitative estimate of drug-likeness (QED) is 0.172. The molecule has 0 spiro atoms. The molecule has 1 aliphatic heterocycles. The first-order valence-corrected chi connectivity index (χ1v) is 15.3. The maximum atomic E-state index is 13.2. The number of aromatic nitrogens is 1. The van der Waals surface area contributed by atoms with Crippen LogP contribution in [-0.4, -0.2) is 54.6 Å². The summed E-state index contributed by atoms with van der Waals surface area (Å²) in [5.41, 5.74) is 1.85.